The number of carbonyl (C=O) groups excluding carboxylic acids is 1. The smallest absolute Gasteiger partial charge is 0.276 e. The van der Waals surface area contributed by atoms with Gasteiger partial charge in [0.15, 0.2) is 0 Å². The summed E-state index contributed by atoms with van der Waals surface area (Å²) in [6.45, 7) is 0.639. The number of para-hydroxylation sites is 1. The Labute approximate surface area is 167 Å². The number of hydrogen-bond donors (Lipinski definition) is 2. The number of anilines is 1. The van der Waals surface area contributed by atoms with Crippen LogP contribution in [-0.2, 0) is 18.0 Å². The molecule has 3 rings (SSSR count). The number of amides is 1. The number of halogens is 2. The van der Waals surface area contributed by atoms with Crippen LogP contribution in [0.25, 0.3) is 0 Å². The van der Waals surface area contributed by atoms with E-state index in [-0.39, 0.29) is 12.5 Å². The minimum Gasteiger partial charge on any atom is -0.380 e. The van der Waals surface area contributed by atoms with Crippen molar-refractivity contribution in [3.05, 3.63) is 93.7 Å². The Kier molecular flexibility index (Phi) is 6.65. The lowest BCUT2D eigenvalue weighted by Crippen LogP contribution is -2.24. The van der Waals surface area contributed by atoms with Gasteiger partial charge < -0.3 is 5.32 Å². The van der Waals surface area contributed by atoms with Gasteiger partial charge in [-0.15, -0.1) is 0 Å². The SMILES string of the molecule is O=C(NOCc1c(Cl)cccc1Cl)c1ccccc1NCc1ccncc1. The highest BCUT2D eigenvalue weighted by atomic mass is 35.5. The van der Waals surface area contributed by atoms with Crippen molar-refractivity contribution in [1.82, 2.24) is 10.5 Å². The molecule has 1 amide bonds. The van der Waals surface area contributed by atoms with Gasteiger partial charge in [0.1, 0.15) is 6.61 Å². The highest BCUT2D eigenvalue weighted by molar-refractivity contribution is 6.35. The number of pyridine rings is 1. The van der Waals surface area contributed by atoms with Crippen LogP contribution in [-0.4, -0.2) is 10.9 Å². The van der Waals surface area contributed by atoms with Gasteiger partial charge >= 0.3 is 0 Å². The van der Waals surface area contributed by atoms with E-state index in [2.05, 4.69) is 15.8 Å². The van der Waals surface area contributed by atoms with E-state index in [4.69, 9.17) is 28.0 Å². The average molecular weight is 402 g/mol. The summed E-state index contributed by atoms with van der Waals surface area (Å²) in [6.07, 6.45) is 3.45. The first kappa shape index (κ1) is 19.2. The van der Waals surface area contributed by atoms with E-state index in [0.29, 0.717) is 33.4 Å². The van der Waals surface area contributed by atoms with Gasteiger partial charge in [-0.3, -0.25) is 14.6 Å². The van der Waals surface area contributed by atoms with E-state index in [1.54, 1.807) is 42.7 Å². The Hall–Kier alpha value is -2.60. The summed E-state index contributed by atoms with van der Waals surface area (Å²) >= 11 is 12.2. The molecule has 0 aliphatic rings. The van der Waals surface area contributed by atoms with Gasteiger partial charge in [0, 0.05) is 40.2 Å². The first-order valence-electron chi connectivity index (χ1n) is 8.22. The number of hydrogen-bond acceptors (Lipinski definition) is 4. The fourth-order valence-electron chi connectivity index (χ4n) is 2.43. The maximum Gasteiger partial charge on any atom is 0.276 e. The van der Waals surface area contributed by atoms with E-state index >= 15 is 0 Å². The molecule has 1 aromatic heterocycles. The van der Waals surface area contributed by atoms with E-state index < -0.39 is 0 Å². The van der Waals surface area contributed by atoms with Gasteiger partial charge in [-0.1, -0.05) is 41.4 Å². The zero-order chi connectivity index (χ0) is 19.1. The first-order valence-corrected chi connectivity index (χ1v) is 8.97. The molecular weight excluding hydrogens is 385 g/mol. The largest absolute Gasteiger partial charge is 0.380 e. The maximum absolute atomic E-state index is 12.5. The van der Waals surface area contributed by atoms with Crippen LogP contribution in [0.4, 0.5) is 5.69 Å². The molecule has 0 fully saturated rings. The molecule has 5 nitrogen and oxygen atoms in total. The fraction of sp³-hybridized carbons (Fsp3) is 0.100. The lowest BCUT2D eigenvalue weighted by atomic mass is 10.1. The van der Waals surface area contributed by atoms with Crippen LogP contribution in [0.3, 0.4) is 0 Å². The number of rotatable bonds is 7. The predicted molar refractivity (Wildman–Crippen MR) is 107 cm³/mol. The van der Waals surface area contributed by atoms with E-state index in [9.17, 15) is 4.79 Å². The second-order valence-corrected chi connectivity index (χ2v) is 6.49. The van der Waals surface area contributed by atoms with Gasteiger partial charge in [-0.2, -0.15) is 0 Å². The third-order valence-electron chi connectivity index (χ3n) is 3.85. The number of benzene rings is 2. The first-order chi connectivity index (χ1) is 13.1. The van der Waals surface area contributed by atoms with E-state index in [1.165, 1.54) is 0 Å². The van der Waals surface area contributed by atoms with Crippen LogP contribution in [0, 0.1) is 0 Å². The second-order valence-electron chi connectivity index (χ2n) is 5.67. The van der Waals surface area contributed by atoms with Crippen molar-refractivity contribution in [3.8, 4) is 0 Å². The van der Waals surface area contributed by atoms with Crippen LogP contribution in [0.15, 0.2) is 67.0 Å². The lowest BCUT2D eigenvalue weighted by Gasteiger charge is -2.13. The molecule has 2 aromatic carbocycles. The monoisotopic (exact) mass is 401 g/mol. The molecule has 0 unspecified atom stereocenters. The average Bonchev–Trinajstić information content (AvgIpc) is 2.69. The third kappa shape index (κ3) is 5.20. The van der Waals surface area contributed by atoms with Gasteiger partial charge in [-0.05, 0) is 42.0 Å². The van der Waals surface area contributed by atoms with Crippen molar-refractivity contribution in [1.29, 1.82) is 0 Å². The maximum atomic E-state index is 12.5. The Bertz CT molecular complexity index is 900. The molecule has 0 saturated heterocycles. The third-order valence-corrected chi connectivity index (χ3v) is 4.56. The van der Waals surface area contributed by atoms with E-state index in [0.717, 1.165) is 5.56 Å². The van der Waals surface area contributed by atoms with Crippen molar-refractivity contribution < 1.29 is 9.63 Å². The quantitative estimate of drug-likeness (QED) is 0.554. The Morgan fingerprint density at radius 3 is 2.41 bits per heavy atom. The summed E-state index contributed by atoms with van der Waals surface area (Å²) in [5.41, 5.74) is 5.28. The summed E-state index contributed by atoms with van der Waals surface area (Å²) in [5.74, 6) is -0.365. The zero-order valence-electron chi connectivity index (χ0n) is 14.3. The van der Waals surface area contributed by atoms with E-state index in [1.807, 2.05) is 24.3 Å². The standard InChI is InChI=1S/C20H17Cl2N3O2/c21-17-5-3-6-18(22)16(17)13-27-25-20(26)15-4-1-2-7-19(15)24-12-14-8-10-23-11-9-14/h1-11,24H,12-13H2,(H,25,26). The summed E-state index contributed by atoms with van der Waals surface area (Å²) in [5, 5.41) is 4.22. The van der Waals surface area contributed by atoms with Crippen molar-refractivity contribution in [2.24, 2.45) is 0 Å². The molecule has 7 heteroatoms. The highest BCUT2D eigenvalue weighted by Crippen LogP contribution is 2.24. The van der Waals surface area contributed by atoms with Crippen LogP contribution < -0.4 is 10.8 Å². The number of nitrogens with zero attached hydrogens (tertiary/aromatic N) is 1. The molecule has 2 N–H and O–H groups in total. The summed E-state index contributed by atoms with van der Waals surface area (Å²) in [6, 6.07) is 16.2. The van der Waals surface area contributed by atoms with Gasteiger partial charge in [-0.25, -0.2) is 5.48 Å². The second kappa shape index (κ2) is 9.37. The van der Waals surface area contributed by atoms with Crippen LogP contribution in [0.5, 0.6) is 0 Å². The number of hydroxylamine groups is 1. The Morgan fingerprint density at radius 2 is 1.67 bits per heavy atom. The molecule has 0 saturated carbocycles. The molecule has 27 heavy (non-hydrogen) atoms. The number of nitrogens with one attached hydrogen (secondary N) is 2. The summed E-state index contributed by atoms with van der Waals surface area (Å²) in [4.78, 5) is 21.8. The van der Waals surface area contributed by atoms with Crippen molar-refractivity contribution in [2.75, 3.05) is 5.32 Å². The van der Waals surface area contributed by atoms with Crippen LogP contribution in [0.1, 0.15) is 21.5 Å². The van der Waals surface area contributed by atoms with Gasteiger partial charge in [0.2, 0.25) is 0 Å². The normalized spacial score (nSPS) is 10.4. The number of carbonyl (C=O) groups is 1. The van der Waals surface area contributed by atoms with Gasteiger partial charge in [0.25, 0.3) is 5.91 Å². The minimum atomic E-state index is -0.365. The predicted octanol–water partition coefficient (Wildman–Crippen LogP) is 4.86. The highest BCUT2D eigenvalue weighted by Gasteiger charge is 2.12. The Morgan fingerprint density at radius 1 is 0.963 bits per heavy atom. The summed E-state index contributed by atoms with van der Waals surface area (Å²) < 4.78 is 0. The molecule has 0 bridgehead atoms. The van der Waals surface area contributed by atoms with Crippen molar-refractivity contribution in [2.45, 2.75) is 13.2 Å². The molecule has 0 radical (unpaired) electrons. The summed E-state index contributed by atoms with van der Waals surface area (Å²) in [7, 11) is 0. The minimum absolute atomic E-state index is 0.0663. The van der Waals surface area contributed by atoms with Gasteiger partial charge in [0.05, 0.1) is 5.56 Å². The molecule has 0 atom stereocenters. The molecule has 1 heterocycles. The Balaban J connectivity index is 1.61. The fourth-order valence-corrected chi connectivity index (χ4v) is 2.94. The topological polar surface area (TPSA) is 63.2 Å². The molecular formula is C20H17Cl2N3O2. The molecule has 0 aliphatic carbocycles. The number of aromatic nitrogens is 1. The van der Waals surface area contributed by atoms with Crippen LogP contribution in [0.2, 0.25) is 10.0 Å². The molecule has 3 aromatic rings. The zero-order valence-corrected chi connectivity index (χ0v) is 15.8. The molecule has 0 aliphatic heterocycles. The van der Waals surface area contributed by atoms with Crippen molar-refractivity contribution >= 4 is 34.8 Å². The molecule has 0 spiro atoms. The molecule has 138 valence electrons. The van der Waals surface area contributed by atoms with Crippen LogP contribution >= 0.6 is 23.2 Å². The lowest BCUT2D eigenvalue weighted by molar-refractivity contribution is 0.0234. The van der Waals surface area contributed by atoms with Crippen molar-refractivity contribution in [3.63, 3.8) is 0 Å².